The van der Waals surface area contributed by atoms with Crippen LogP contribution in [0, 0.1) is 22.7 Å². The van der Waals surface area contributed by atoms with E-state index in [0.717, 1.165) is 0 Å². The van der Waals surface area contributed by atoms with Crippen LogP contribution in [0.4, 0.5) is 17.1 Å². The minimum atomic E-state index is -0.585. The van der Waals surface area contributed by atoms with Crippen LogP contribution in [0.2, 0.25) is 0 Å². The molecule has 1 aliphatic rings. The molecule has 2 aromatic carbocycles. The van der Waals surface area contributed by atoms with E-state index in [1.165, 1.54) is 12.1 Å². The van der Waals surface area contributed by atoms with Crippen LogP contribution in [0.5, 0.6) is 0 Å². The quantitative estimate of drug-likeness (QED) is 0.521. The Morgan fingerprint density at radius 1 is 0.783 bits per heavy atom. The predicted molar refractivity (Wildman–Crippen MR) is 82.4 cm³/mol. The number of benzene rings is 2. The van der Waals surface area contributed by atoms with Gasteiger partial charge in [0.2, 0.25) is 0 Å². The maximum Gasteiger partial charge on any atom is 0.198 e. The van der Waals surface area contributed by atoms with Gasteiger partial charge < -0.3 is 17.2 Å². The topological polar surface area (TPSA) is 160 Å². The monoisotopic (exact) mass is 303 g/mol. The van der Waals surface area contributed by atoms with Crippen LogP contribution >= 0.6 is 0 Å². The zero-order valence-corrected chi connectivity index (χ0v) is 11.7. The van der Waals surface area contributed by atoms with Gasteiger partial charge in [-0.25, -0.2) is 0 Å². The van der Waals surface area contributed by atoms with E-state index in [1.54, 1.807) is 18.2 Å². The fourth-order valence-electron chi connectivity index (χ4n) is 2.77. The Kier molecular flexibility index (Phi) is 2.81. The molecule has 7 heteroatoms. The summed E-state index contributed by atoms with van der Waals surface area (Å²) in [6.45, 7) is 0. The number of hydrogen-bond acceptors (Lipinski definition) is 7. The molecule has 23 heavy (non-hydrogen) atoms. The van der Waals surface area contributed by atoms with E-state index in [4.69, 9.17) is 17.2 Å². The van der Waals surface area contributed by atoms with Gasteiger partial charge in [-0.1, -0.05) is 12.1 Å². The molecular weight excluding hydrogens is 294 g/mol. The van der Waals surface area contributed by atoms with E-state index in [2.05, 4.69) is 0 Å². The van der Waals surface area contributed by atoms with Crippen molar-refractivity contribution in [2.75, 3.05) is 17.2 Å². The van der Waals surface area contributed by atoms with Gasteiger partial charge in [-0.05, 0) is 6.07 Å². The first-order valence-corrected chi connectivity index (χ1v) is 6.47. The van der Waals surface area contributed by atoms with E-state index in [0.29, 0.717) is 0 Å². The zero-order valence-electron chi connectivity index (χ0n) is 11.7. The summed E-state index contributed by atoms with van der Waals surface area (Å²) in [4.78, 5) is 25.5. The number of hydrogen-bond donors (Lipinski definition) is 3. The number of carbonyl (C=O) groups excluding carboxylic acids is 2. The molecule has 0 fully saturated rings. The molecule has 1 aliphatic carbocycles. The van der Waals surface area contributed by atoms with Crippen molar-refractivity contribution >= 4 is 28.6 Å². The zero-order chi connectivity index (χ0) is 16.9. The van der Waals surface area contributed by atoms with Crippen LogP contribution in [-0.4, -0.2) is 11.6 Å². The lowest BCUT2D eigenvalue weighted by atomic mass is 9.79. The molecule has 2 aromatic rings. The van der Waals surface area contributed by atoms with Gasteiger partial charge in [-0.2, -0.15) is 10.5 Å². The third-order valence-corrected chi connectivity index (χ3v) is 3.82. The third kappa shape index (κ3) is 1.62. The number of nitrogen functional groups attached to an aromatic ring is 3. The number of carbonyl (C=O) groups is 2. The molecule has 110 valence electrons. The lowest BCUT2D eigenvalue weighted by molar-refractivity contribution is 0.0981. The van der Waals surface area contributed by atoms with E-state index < -0.39 is 11.6 Å². The second-order valence-electron chi connectivity index (χ2n) is 4.98. The molecule has 0 unspecified atom stereocenters. The first-order chi connectivity index (χ1) is 10.9. The Morgan fingerprint density at radius 2 is 1.30 bits per heavy atom. The number of nitrogens with two attached hydrogens (primary N) is 3. The highest BCUT2D eigenvalue weighted by atomic mass is 16.1. The van der Waals surface area contributed by atoms with E-state index in [9.17, 15) is 20.1 Å². The molecule has 0 amide bonds. The minimum Gasteiger partial charge on any atom is -0.398 e. The van der Waals surface area contributed by atoms with Gasteiger partial charge in [0.25, 0.3) is 0 Å². The molecule has 0 aliphatic heterocycles. The number of rotatable bonds is 0. The van der Waals surface area contributed by atoms with E-state index in [1.807, 2.05) is 0 Å². The van der Waals surface area contributed by atoms with Gasteiger partial charge in [0, 0.05) is 11.3 Å². The van der Waals surface area contributed by atoms with Crippen LogP contribution in [0.3, 0.4) is 0 Å². The van der Waals surface area contributed by atoms with Gasteiger partial charge in [0.1, 0.15) is 12.1 Å². The first kappa shape index (κ1) is 14.1. The van der Waals surface area contributed by atoms with Gasteiger partial charge >= 0.3 is 0 Å². The normalized spacial score (nSPS) is 12.1. The number of nitriles is 2. The predicted octanol–water partition coefficient (Wildman–Crippen LogP) is 0.952. The van der Waals surface area contributed by atoms with E-state index >= 15 is 0 Å². The molecule has 6 N–H and O–H groups in total. The molecule has 7 nitrogen and oxygen atoms in total. The number of ketones is 2. The average molecular weight is 303 g/mol. The fourth-order valence-corrected chi connectivity index (χ4v) is 2.77. The summed E-state index contributed by atoms with van der Waals surface area (Å²) in [6.07, 6.45) is 0. The molecule has 3 rings (SSSR count). The van der Waals surface area contributed by atoms with Crippen molar-refractivity contribution in [2.24, 2.45) is 0 Å². The van der Waals surface area contributed by atoms with E-state index in [-0.39, 0.29) is 50.4 Å². The highest BCUT2D eigenvalue weighted by molar-refractivity contribution is 6.33. The third-order valence-electron chi connectivity index (χ3n) is 3.82. The van der Waals surface area contributed by atoms with Crippen molar-refractivity contribution in [1.29, 1.82) is 10.5 Å². The van der Waals surface area contributed by atoms with Crippen LogP contribution in [-0.2, 0) is 0 Å². The number of nitrogens with zero attached hydrogens (tertiary/aromatic N) is 2. The van der Waals surface area contributed by atoms with Crippen LogP contribution in [0.1, 0.15) is 43.0 Å². The molecule has 0 spiro atoms. The molecular formula is C16H9N5O2. The standard InChI is InChI=1S/C16H9N5O2/c17-4-7-8(5-18)14(21)12-11(13(7)20)15(22)6-2-1-3-9(19)10(6)16(12)23/h1-3H,19-21H2. The summed E-state index contributed by atoms with van der Waals surface area (Å²) >= 11 is 0. The van der Waals surface area contributed by atoms with Gasteiger partial charge in [-0.15, -0.1) is 0 Å². The Morgan fingerprint density at radius 3 is 1.83 bits per heavy atom. The lowest BCUT2D eigenvalue weighted by Crippen LogP contribution is -2.26. The highest BCUT2D eigenvalue weighted by Crippen LogP contribution is 2.39. The summed E-state index contributed by atoms with van der Waals surface area (Å²) in [7, 11) is 0. The van der Waals surface area contributed by atoms with Crippen LogP contribution in [0.15, 0.2) is 18.2 Å². The largest absolute Gasteiger partial charge is 0.398 e. The summed E-state index contributed by atoms with van der Waals surface area (Å²) < 4.78 is 0. The average Bonchev–Trinajstić information content (AvgIpc) is 2.53. The molecule has 0 heterocycles. The van der Waals surface area contributed by atoms with Crippen molar-refractivity contribution in [3.05, 3.63) is 51.6 Å². The summed E-state index contributed by atoms with van der Waals surface area (Å²) in [5.74, 6) is -1.13. The Bertz CT molecular complexity index is 1010. The Labute approximate surface area is 130 Å². The molecule has 0 saturated heterocycles. The molecule has 0 bridgehead atoms. The van der Waals surface area contributed by atoms with Gasteiger partial charge in [-0.3, -0.25) is 9.59 Å². The van der Waals surface area contributed by atoms with Crippen molar-refractivity contribution in [3.8, 4) is 12.1 Å². The van der Waals surface area contributed by atoms with Crippen LogP contribution in [0.25, 0.3) is 0 Å². The summed E-state index contributed by atoms with van der Waals surface area (Å²) in [5.41, 5.74) is 16.6. The molecule has 0 atom stereocenters. The van der Waals surface area contributed by atoms with Gasteiger partial charge in [0.15, 0.2) is 11.6 Å². The molecule has 0 radical (unpaired) electrons. The van der Waals surface area contributed by atoms with Crippen molar-refractivity contribution in [2.45, 2.75) is 0 Å². The number of anilines is 3. The fraction of sp³-hybridized carbons (Fsp3) is 0. The first-order valence-electron chi connectivity index (χ1n) is 6.47. The maximum atomic E-state index is 12.8. The Hall–Kier alpha value is -3.84. The molecule has 0 saturated carbocycles. The van der Waals surface area contributed by atoms with Gasteiger partial charge in [0.05, 0.1) is 39.2 Å². The number of fused-ring (bicyclic) bond motifs is 2. The second-order valence-corrected chi connectivity index (χ2v) is 4.98. The summed E-state index contributed by atoms with van der Waals surface area (Å²) in [5, 5.41) is 18.4. The molecule has 0 aromatic heterocycles. The summed E-state index contributed by atoms with van der Waals surface area (Å²) in [6, 6.07) is 8.00. The SMILES string of the molecule is N#Cc1c(N)c2c(c(N)c1C#N)C(=O)c1c(N)cccc1C2=O. The Balaban J connectivity index is 2.51. The lowest BCUT2D eigenvalue weighted by Gasteiger charge is -2.22. The highest BCUT2D eigenvalue weighted by Gasteiger charge is 2.37. The van der Waals surface area contributed by atoms with Crippen molar-refractivity contribution in [3.63, 3.8) is 0 Å². The van der Waals surface area contributed by atoms with Crippen LogP contribution < -0.4 is 17.2 Å². The van der Waals surface area contributed by atoms with Crippen molar-refractivity contribution in [1.82, 2.24) is 0 Å². The minimum absolute atomic E-state index is 0.0321. The maximum absolute atomic E-state index is 12.8. The smallest absolute Gasteiger partial charge is 0.198 e. The second kappa shape index (κ2) is 4.58. The van der Waals surface area contributed by atoms with Crippen molar-refractivity contribution < 1.29 is 9.59 Å².